The van der Waals surface area contributed by atoms with Gasteiger partial charge in [0.1, 0.15) is 0 Å². The highest BCUT2D eigenvalue weighted by molar-refractivity contribution is 7.88. The molecular formula is C23H28N6O3S. The Labute approximate surface area is 193 Å². The van der Waals surface area contributed by atoms with E-state index in [9.17, 15) is 13.2 Å². The molecule has 2 aliphatic rings. The molecule has 1 aliphatic heterocycles. The maximum Gasteiger partial charge on any atom is 0.254 e. The van der Waals surface area contributed by atoms with Crippen LogP contribution in [0.2, 0.25) is 0 Å². The van der Waals surface area contributed by atoms with Crippen LogP contribution in [0, 0.1) is 12.8 Å². The molecule has 4 heterocycles. The van der Waals surface area contributed by atoms with Gasteiger partial charge in [-0.1, -0.05) is 6.07 Å². The Bertz CT molecular complexity index is 1300. The molecule has 0 aromatic carbocycles. The minimum atomic E-state index is -3.26. The molecule has 33 heavy (non-hydrogen) atoms. The summed E-state index contributed by atoms with van der Waals surface area (Å²) in [4.78, 5) is 24.9. The third-order valence-corrected chi connectivity index (χ3v) is 7.06. The molecule has 1 N–H and O–H groups in total. The third-order valence-electron chi connectivity index (χ3n) is 6.37. The lowest BCUT2D eigenvalue weighted by Crippen LogP contribution is -2.43. The second kappa shape index (κ2) is 8.49. The number of piperidine rings is 1. The number of aromatic nitrogens is 4. The molecule has 9 nitrogen and oxygen atoms in total. The normalized spacial score (nSPS) is 19.2. The van der Waals surface area contributed by atoms with E-state index in [-0.39, 0.29) is 11.8 Å². The predicted octanol–water partition coefficient (Wildman–Crippen LogP) is 2.40. The van der Waals surface area contributed by atoms with E-state index >= 15 is 0 Å². The van der Waals surface area contributed by atoms with Gasteiger partial charge in [0.25, 0.3) is 5.91 Å². The van der Waals surface area contributed by atoms with E-state index in [4.69, 9.17) is 4.98 Å². The van der Waals surface area contributed by atoms with E-state index in [0.29, 0.717) is 42.6 Å². The van der Waals surface area contributed by atoms with Crippen molar-refractivity contribution in [3.63, 3.8) is 0 Å². The van der Waals surface area contributed by atoms with Crippen LogP contribution in [0.1, 0.15) is 53.3 Å². The summed E-state index contributed by atoms with van der Waals surface area (Å²) < 4.78 is 27.3. The molecule has 3 aromatic rings. The minimum Gasteiger partial charge on any atom is -0.338 e. The van der Waals surface area contributed by atoms with E-state index < -0.39 is 10.0 Å². The number of likely N-dealkylation sites (tertiary alicyclic amines) is 1. The number of hydrogen-bond donors (Lipinski definition) is 1. The molecule has 0 radical (unpaired) electrons. The fraction of sp³-hybridized carbons (Fsp3) is 0.478. The fourth-order valence-corrected chi connectivity index (χ4v) is 5.10. The number of nitrogens with zero attached hydrogens (tertiary/aromatic N) is 5. The molecule has 1 amide bonds. The maximum atomic E-state index is 13.8. The Morgan fingerprint density at radius 1 is 1.24 bits per heavy atom. The summed E-state index contributed by atoms with van der Waals surface area (Å²) in [6.45, 7) is 3.42. The number of carbonyl (C=O) groups excluding carboxylic acids is 1. The van der Waals surface area contributed by atoms with Crippen molar-refractivity contribution in [2.24, 2.45) is 5.92 Å². The summed E-state index contributed by atoms with van der Waals surface area (Å²) in [5, 5.41) is 5.44. The number of fused-ring (bicyclic) bond motifs is 1. The predicted molar refractivity (Wildman–Crippen MR) is 125 cm³/mol. The summed E-state index contributed by atoms with van der Waals surface area (Å²) in [5.74, 6) is 1.09. The van der Waals surface area contributed by atoms with Crippen molar-refractivity contribution in [2.45, 2.75) is 38.5 Å². The number of aryl methyl sites for hydroxylation is 1. The van der Waals surface area contributed by atoms with Gasteiger partial charge in [0.05, 0.1) is 22.9 Å². The van der Waals surface area contributed by atoms with Gasteiger partial charge in [0.2, 0.25) is 10.0 Å². The van der Waals surface area contributed by atoms with Crippen LogP contribution in [0.5, 0.6) is 0 Å². The molecular weight excluding hydrogens is 440 g/mol. The molecule has 10 heteroatoms. The van der Waals surface area contributed by atoms with Gasteiger partial charge in [-0.25, -0.2) is 23.1 Å². The van der Waals surface area contributed by atoms with E-state index in [1.54, 1.807) is 10.9 Å². The van der Waals surface area contributed by atoms with Gasteiger partial charge in [0, 0.05) is 37.4 Å². The molecule has 0 bridgehead atoms. The second-order valence-electron chi connectivity index (χ2n) is 9.13. The summed E-state index contributed by atoms with van der Waals surface area (Å²) >= 11 is 0. The number of nitrogens with one attached hydrogen (secondary N) is 1. The Kier molecular flexibility index (Phi) is 5.65. The molecule has 1 saturated heterocycles. The minimum absolute atomic E-state index is 0.0444. The monoisotopic (exact) mass is 468 g/mol. The standard InChI is InChI=1S/C23H28N6O3S/c1-15-21-18(23(30)28-11-5-6-16(14-28)13-25-33(2,31)32)12-19(17-8-9-17)26-22(21)29(27-15)20-7-3-4-10-24-20/h3-4,7,10,12,16-17,25H,5-6,8-9,11,13-14H2,1-2H3. The summed E-state index contributed by atoms with van der Waals surface area (Å²) in [7, 11) is -3.26. The Balaban J connectivity index is 1.52. The van der Waals surface area contributed by atoms with Gasteiger partial charge in [-0.15, -0.1) is 0 Å². The number of pyridine rings is 2. The van der Waals surface area contributed by atoms with E-state index in [1.807, 2.05) is 36.1 Å². The van der Waals surface area contributed by atoms with Gasteiger partial charge in [-0.2, -0.15) is 9.78 Å². The molecule has 1 aliphatic carbocycles. The van der Waals surface area contributed by atoms with Crippen LogP contribution >= 0.6 is 0 Å². The Morgan fingerprint density at radius 2 is 2.06 bits per heavy atom. The smallest absolute Gasteiger partial charge is 0.254 e. The average Bonchev–Trinajstić information content (AvgIpc) is 3.61. The summed E-state index contributed by atoms with van der Waals surface area (Å²) in [6, 6.07) is 7.58. The highest BCUT2D eigenvalue weighted by atomic mass is 32.2. The van der Waals surface area contributed by atoms with Crippen LogP contribution in [0.25, 0.3) is 16.9 Å². The quantitative estimate of drug-likeness (QED) is 0.595. The van der Waals surface area contributed by atoms with Gasteiger partial charge < -0.3 is 4.90 Å². The van der Waals surface area contributed by atoms with Crippen LogP contribution in [-0.4, -0.2) is 64.9 Å². The van der Waals surface area contributed by atoms with Crippen molar-refractivity contribution < 1.29 is 13.2 Å². The lowest BCUT2D eigenvalue weighted by molar-refractivity contribution is 0.0678. The molecule has 1 unspecified atom stereocenters. The first kappa shape index (κ1) is 22.0. The van der Waals surface area contributed by atoms with E-state index in [0.717, 1.165) is 48.7 Å². The Hall–Kier alpha value is -2.85. The number of hydrogen-bond acceptors (Lipinski definition) is 6. The molecule has 1 saturated carbocycles. The first-order chi connectivity index (χ1) is 15.8. The molecule has 3 aromatic heterocycles. The van der Waals surface area contributed by atoms with E-state index in [1.165, 1.54) is 0 Å². The van der Waals surface area contributed by atoms with Gasteiger partial charge in [-0.05, 0) is 56.7 Å². The lowest BCUT2D eigenvalue weighted by Gasteiger charge is -2.33. The van der Waals surface area contributed by atoms with Crippen LogP contribution in [0.4, 0.5) is 0 Å². The number of rotatable bonds is 6. The Morgan fingerprint density at radius 3 is 2.76 bits per heavy atom. The lowest BCUT2D eigenvalue weighted by atomic mass is 9.97. The van der Waals surface area contributed by atoms with Crippen molar-refractivity contribution in [3.05, 3.63) is 47.4 Å². The first-order valence-corrected chi connectivity index (χ1v) is 13.2. The highest BCUT2D eigenvalue weighted by Gasteiger charge is 2.32. The molecule has 1 atom stereocenters. The van der Waals surface area contributed by atoms with Crippen molar-refractivity contribution in [1.29, 1.82) is 0 Å². The second-order valence-corrected chi connectivity index (χ2v) is 11.0. The topological polar surface area (TPSA) is 110 Å². The number of carbonyl (C=O) groups is 1. The number of amides is 1. The van der Waals surface area contributed by atoms with Crippen LogP contribution < -0.4 is 4.72 Å². The van der Waals surface area contributed by atoms with Gasteiger partial charge >= 0.3 is 0 Å². The van der Waals surface area contributed by atoms with Crippen molar-refractivity contribution in [2.75, 3.05) is 25.9 Å². The number of sulfonamides is 1. The molecule has 2 fully saturated rings. The van der Waals surface area contributed by atoms with Gasteiger partial charge in [0.15, 0.2) is 11.5 Å². The van der Waals surface area contributed by atoms with Crippen LogP contribution in [0.15, 0.2) is 30.5 Å². The average molecular weight is 469 g/mol. The van der Waals surface area contributed by atoms with Crippen molar-refractivity contribution >= 4 is 27.0 Å². The van der Waals surface area contributed by atoms with Crippen LogP contribution in [-0.2, 0) is 10.0 Å². The fourth-order valence-electron chi connectivity index (χ4n) is 4.56. The maximum absolute atomic E-state index is 13.8. The first-order valence-electron chi connectivity index (χ1n) is 11.4. The van der Waals surface area contributed by atoms with Crippen molar-refractivity contribution in [1.82, 2.24) is 29.4 Å². The zero-order valence-electron chi connectivity index (χ0n) is 18.9. The SMILES string of the molecule is Cc1nn(-c2ccccn2)c2nc(C3CC3)cc(C(=O)N3CCCC(CNS(C)(=O)=O)C3)c12. The largest absolute Gasteiger partial charge is 0.338 e. The molecule has 5 rings (SSSR count). The van der Waals surface area contributed by atoms with Crippen molar-refractivity contribution in [3.8, 4) is 5.82 Å². The van der Waals surface area contributed by atoms with E-state index in [2.05, 4.69) is 14.8 Å². The molecule has 174 valence electrons. The molecule has 0 spiro atoms. The summed E-state index contributed by atoms with van der Waals surface area (Å²) in [5.41, 5.74) is 2.95. The zero-order chi connectivity index (χ0) is 23.2. The third kappa shape index (κ3) is 4.63. The highest BCUT2D eigenvalue weighted by Crippen LogP contribution is 2.41. The summed E-state index contributed by atoms with van der Waals surface area (Å²) in [6.07, 6.45) is 6.76. The van der Waals surface area contributed by atoms with Crippen LogP contribution in [0.3, 0.4) is 0 Å². The van der Waals surface area contributed by atoms with Gasteiger partial charge in [-0.3, -0.25) is 4.79 Å². The zero-order valence-corrected chi connectivity index (χ0v) is 19.7.